The molecule has 2 N–H and O–H groups in total. The number of hydrogen-bond donors (Lipinski definition) is 1. The second-order valence-electron chi connectivity index (χ2n) is 5.36. The minimum absolute atomic E-state index is 0.140. The molecule has 0 aromatic carbocycles. The van der Waals surface area contributed by atoms with E-state index in [-0.39, 0.29) is 5.54 Å². The molecule has 1 saturated heterocycles. The van der Waals surface area contributed by atoms with E-state index >= 15 is 0 Å². The van der Waals surface area contributed by atoms with Crippen LogP contribution in [0.4, 0.5) is 0 Å². The molecule has 1 aliphatic carbocycles. The molecule has 0 bridgehead atoms. The van der Waals surface area contributed by atoms with Gasteiger partial charge in [0.25, 0.3) is 0 Å². The normalized spacial score (nSPS) is 24.4. The summed E-state index contributed by atoms with van der Waals surface area (Å²) in [6, 6.07) is 0. The predicted octanol–water partition coefficient (Wildman–Crippen LogP) is 0.826. The van der Waals surface area contributed by atoms with Gasteiger partial charge in [-0.25, -0.2) is 0 Å². The van der Waals surface area contributed by atoms with Crippen molar-refractivity contribution in [2.24, 2.45) is 11.7 Å². The van der Waals surface area contributed by atoms with Gasteiger partial charge in [0.15, 0.2) is 0 Å². The van der Waals surface area contributed by atoms with Gasteiger partial charge in [-0.3, -0.25) is 9.58 Å². The summed E-state index contributed by atoms with van der Waals surface area (Å²) in [6.45, 7) is 6.19. The summed E-state index contributed by atoms with van der Waals surface area (Å²) in [5, 5.41) is 4.29. The average molecular weight is 220 g/mol. The quantitative estimate of drug-likeness (QED) is 0.817. The summed E-state index contributed by atoms with van der Waals surface area (Å²) in [6.07, 6.45) is 6.79. The number of nitrogens with zero attached hydrogens (tertiary/aromatic N) is 3. The molecule has 0 unspecified atom stereocenters. The van der Waals surface area contributed by atoms with Crippen LogP contribution >= 0.6 is 0 Å². The van der Waals surface area contributed by atoms with E-state index in [0.717, 1.165) is 32.1 Å². The summed E-state index contributed by atoms with van der Waals surface area (Å²) in [4.78, 5) is 2.43. The van der Waals surface area contributed by atoms with Gasteiger partial charge in [0, 0.05) is 43.5 Å². The van der Waals surface area contributed by atoms with Crippen LogP contribution in [0, 0.1) is 5.92 Å². The van der Waals surface area contributed by atoms with Crippen molar-refractivity contribution in [3.63, 3.8) is 0 Å². The maximum absolute atomic E-state index is 6.32. The average Bonchev–Trinajstić information content (AvgIpc) is 2.98. The monoisotopic (exact) mass is 220 g/mol. The van der Waals surface area contributed by atoms with Gasteiger partial charge in [-0.1, -0.05) is 0 Å². The SMILES string of the molecule is CCn1cc(CN2CC(N)(C3CC3)C2)cn1. The van der Waals surface area contributed by atoms with Crippen molar-refractivity contribution in [1.29, 1.82) is 0 Å². The summed E-state index contributed by atoms with van der Waals surface area (Å²) in [7, 11) is 0. The third-order valence-electron chi connectivity index (χ3n) is 3.84. The molecule has 1 aliphatic heterocycles. The largest absolute Gasteiger partial charge is 0.323 e. The maximum atomic E-state index is 6.32. The zero-order valence-electron chi connectivity index (χ0n) is 9.89. The lowest BCUT2D eigenvalue weighted by atomic mass is 9.85. The first-order chi connectivity index (χ1) is 7.69. The third kappa shape index (κ3) is 1.76. The Morgan fingerprint density at radius 2 is 2.25 bits per heavy atom. The summed E-state index contributed by atoms with van der Waals surface area (Å²) < 4.78 is 1.98. The summed E-state index contributed by atoms with van der Waals surface area (Å²) >= 11 is 0. The topological polar surface area (TPSA) is 47.1 Å². The fraction of sp³-hybridized carbons (Fsp3) is 0.750. The molecule has 2 aliphatic rings. The van der Waals surface area contributed by atoms with Crippen molar-refractivity contribution in [1.82, 2.24) is 14.7 Å². The first-order valence-electron chi connectivity index (χ1n) is 6.22. The molecule has 0 atom stereocenters. The van der Waals surface area contributed by atoms with Gasteiger partial charge in [0.05, 0.1) is 6.20 Å². The molecule has 1 aromatic rings. The number of aromatic nitrogens is 2. The lowest BCUT2D eigenvalue weighted by Crippen LogP contribution is -2.68. The van der Waals surface area contributed by atoms with Crippen molar-refractivity contribution >= 4 is 0 Å². The van der Waals surface area contributed by atoms with Gasteiger partial charge >= 0.3 is 0 Å². The fourth-order valence-corrected chi connectivity index (χ4v) is 2.73. The van der Waals surface area contributed by atoms with Crippen LogP contribution in [0.1, 0.15) is 25.3 Å². The van der Waals surface area contributed by atoms with Gasteiger partial charge in [0.1, 0.15) is 0 Å². The van der Waals surface area contributed by atoms with E-state index < -0.39 is 0 Å². The van der Waals surface area contributed by atoms with Crippen LogP contribution in [0.3, 0.4) is 0 Å². The van der Waals surface area contributed by atoms with Crippen LogP contribution in [0.15, 0.2) is 12.4 Å². The second kappa shape index (κ2) is 3.57. The Kier molecular flexibility index (Phi) is 2.30. The van der Waals surface area contributed by atoms with Crippen molar-refractivity contribution < 1.29 is 0 Å². The Labute approximate surface area is 96.4 Å². The number of rotatable bonds is 4. The van der Waals surface area contributed by atoms with Gasteiger partial charge in [0.2, 0.25) is 0 Å². The highest BCUT2D eigenvalue weighted by Crippen LogP contribution is 2.43. The van der Waals surface area contributed by atoms with Crippen LogP contribution in [0.25, 0.3) is 0 Å². The standard InChI is InChI=1S/C12H20N4/c1-2-16-7-10(5-14-16)6-15-8-12(13,9-15)11-3-4-11/h5,7,11H,2-4,6,8-9,13H2,1H3. The molecule has 16 heavy (non-hydrogen) atoms. The first kappa shape index (κ1) is 10.3. The van der Waals surface area contributed by atoms with Gasteiger partial charge in [-0.15, -0.1) is 0 Å². The van der Waals surface area contributed by atoms with Crippen LogP contribution in [0.2, 0.25) is 0 Å². The summed E-state index contributed by atoms with van der Waals surface area (Å²) in [5.41, 5.74) is 7.77. The zero-order chi connectivity index (χ0) is 11.2. The lowest BCUT2D eigenvalue weighted by molar-refractivity contribution is 0.0478. The number of hydrogen-bond acceptors (Lipinski definition) is 3. The fourth-order valence-electron chi connectivity index (χ4n) is 2.73. The predicted molar refractivity (Wildman–Crippen MR) is 62.8 cm³/mol. The van der Waals surface area contributed by atoms with Crippen molar-refractivity contribution in [2.75, 3.05) is 13.1 Å². The Bertz CT molecular complexity index is 374. The first-order valence-corrected chi connectivity index (χ1v) is 6.22. The molecule has 0 spiro atoms. The molecule has 1 saturated carbocycles. The van der Waals surface area contributed by atoms with E-state index in [9.17, 15) is 0 Å². The Hall–Kier alpha value is -0.870. The van der Waals surface area contributed by atoms with Crippen molar-refractivity contribution in [3.8, 4) is 0 Å². The highest BCUT2D eigenvalue weighted by Gasteiger charge is 2.49. The Morgan fingerprint density at radius 3 is 2.81 bits per heavy atom. The Balaban J connectivity index is 1.53. The van der Waals surface area contributed by atoms with Crippen LogP contribution in [0.5, 0.6) is 0 Å². The molecule has 0 amide bonds. The molecule has 0 radical (unpaired) electrons. The molecule has 2 heterocycles. The summed E-state index contributed by atoms with van der Waals surface area (Å²) in [5.74, 6) is 0.808. The number of aryl methyl sites for hydroxylation is 1. The third-order valence-corrected chi connectivity index (χ3v) is 3.84. The number of nitrogens with two attached hydrogens (primary N) is 1. The van der Waals surface area contributed by atoms with E-state index in [1.165, 1.54) is 18.4 Å². The molecular formula is C12H20N4. The van der Waals surface area contributed by atoms with Crippen molar-refractivity contribution in [3.05, 3.63) is 18.0 Å². The van der Waals surface area contributed by atoms with Gasteiger partial charge < -0.3 is 5.73 Å². The van der Waals surface area contributed by atoms with Gasteiger partial charge in [-0.05, 0) is 25.7 Å². The zero-order valence-corrected chi connectivity index (χ0v) is 9.89. The highest BCUT2D eigenvalue weighted by atomic mass is 15.3. The van der Waals surface area contributed by atoms with Gasteiger partial charge in [-0.2, -0.15) is 5.10 Å². The van der Waals surface area contributed by atoms with E-state index in [4.69, 9.17) is 5.73 Å². The van der Waals surface area contributed by atoms with Crippen LogP contribution in [-0.4, -0.2) is 33.3 Å². The molecule has 88 valence electrons. The number of likely N-dealkylation sites (tertiary alicyclic amines) is 1. The second-order valence-corrected chi connectivity index (χ2v) is 5.36. The molecule has 4 heteroatoms. The van der Waals surface area contributed by atoms with Crippen molar-refractivity contribution in [2.45, 2.75) is 38.4 Å². The molecule has 4 nitrogen and oxygen atoms in total. The molecule has 1 aromatic heterocycles. The van der Waals surface area contributed by atoms with E-state index in [2.05, 4.69) is 23.1 Å². The lowest BCUT2D eigenvalue weighted by Gasteiger charge is -2.48. The maximum Gasteiger partial charge on any atom is 0.0534 e. The minimum Gasteiger partial charge on any atom is -0.323 e. The van der Waals surface area contributed by atoms with E-state index in [1.54, 1.807) is 0 Å². The van der Waals surface area contributed by atoms with E-state index in [0.29, 0.717) is 0 Å². The van der Waals surface area contributed by atoms with E-state index in [1.807, 2.05) is 10.9 Å². The molecule has 3 rings (SSSR count). The smallest absolute Gasteiger partial charge is 0.0534 e. The highest BCUT2D eigenvalue weighted by molar-refractivity contribution is 5.12. The molecule has 2 fully saturated rings. The van der Waals surface area contributed by atoms with Crippen LogP contribution < -0.4 is 5.73 Å². The molecular weight excluding hydrogens is 200 g/mol. The minimum atomic E-state index is 0.140. The Morgan fingerprint density at radius 1 is 1.50 bits per heavy atom. The van der Waals surface area contributed by atoms with Crippen LogP contribution in [-0.2, 0) is 13.1 Å².